The van der Waals surface area contributed by atoms with Crippen molar-refractivity contribution in [3.63, 3.8) is 0 Å². The average molecular weight is 123 g/mol. The van der Waals surface area contributed by atoms with Gasteiger partial charge in [0.05, 0.1) is 0 Å². The van der Waals surface area contributed by atoms with E-state index in [9.17, 15) is 4.79 Å². The summed E-state index contributed by atoms with van der Waals surface area (Å²) in [4.78, 5) is 13.1. The zero-order chi connectivity index (χ0) is 4.28. The third-order valence-corrected chi connectivity index (χ3v) is 0.166. The molecule has 4 heteroatoms. The molecule has 0 aliphatic rings. The SMILES string of the molecule is CC(=O)ON.[Ti]. The Balaban J connectivity index is 0. The number of carbonyl (C=O) groups excluding carboxylic acids is 1. The Kier molecular flexibility index (Phi) is 8.12. The Labute approximate surface area is 50.7 Å². The predicted molar refractivity (Wildman–Crippen MR) is 16.0 cm³/mol. The topological polar surface area (TPSA) is 52.3 Å². The Morgan fingerprint density at radius 3 is 2.00 bits per heavy atom. The number of carbonyl (C=O) groups is 1. The van der Waals surface area contributed by atoms with Crippen LogP contribution in [0, 0.1) is 0 Å². The summed E-state index contributed by atoms with van der Waals surface area (Å²) in [6, 6.07) is 0. The molecule has 0 aromatic heterocycles. The van der Waals surface area contributed by atoms with Gasteiger partial charge in [-0.1, -0.05) is 0 Å². The van der Waals surface area contributed by atoms with Gasteiger partial charge in [-0.2, -0.15) is 5.90 Å². The van der Waals surface area contributed by atoms with Crippen LogP contribution in [-0.2, 0) is 31.3 Å². The van der Waals surface area contributed by atoms with E-state index >= 15 is 0 Å². The van der Waals surface area contributed by atoms with Crippen LogP contribution in [0.15, 0.2) is 0 Å². The molecule has 0 saturated carbocycles. The van der Waals surface area contributed by atoms with Gasteiger partial charge in [-0.3, -0.25) is 4.79 Å². The van der Waals surface area contributed by atoms with Crippen LogP contribution in [0.25, 0.3) is 0 Å². The molecular formula is C2H5NO2Ti. The van der Waals surface area contributed by atoms with E-state index in [0.717, 1.165) is 0 Å². The van der Waals surface area contributed by atoms with Gasteiger partial charge >= 0.3 is 5.97 Å². The van der Waals surface area contributed by atoms with Crippen molar-refractivity contribution >= 4 is 5.97 Å². The quantitative estimate of drug-likeness (QED) is 0.346. The third-order valence-electron chi connectivity index (χ3n) is 0.166. The zero-order valence-electron chi connectivity index (χ0n) is 3.39. The van der Waals surface area contributed by atoms with Gasteiger partial charge in [-0.05, 0) is 0 Å². The van der Waals surface area contributed by atoms with E-state index in [1.807, 2.05) is 0 Å². The van der Waals surface area contributed by atoms with Gasteiger partial charge in [0.1, 0.15) is 0 Å². The van der Waals surface area contributed by atoms with E-state index in [-0.39, 0.29) is 21.7 Å². The van der Waals surface area contributed by atoms with Crippen LogP contribution in [0.4, 0.5) is 0 Å². The maximum atomic E-state index is 9.47. The summed E-state index contributed by atoms with van der Waals surface area (Å²) < 4.78 is 0. The maximum Gasteiger partial charge on any atom is 0.321 e. The molecule has 34 valence electrons. The fraction of sp³-hybridized carbons (Fsp3) is 0.500. The van der Waals surface area contributed by atoms with E-state index in [0.29, 0.717) is 0 Å². The summed E-state index contributed by atoms with van der Waals surface area (Å²) in [6.45, 7) is 1.24. The second kappa shape index (κ2) is 5.14. The van der Waals surface area contributed by atoms with Crippen LogP contribution in [0.2, 0.25) is 0 Å². The molecule has 0 aliphatic heterocycles. The molecule has 0 aromatic rings. The fourth-order valence-corrected chi connectivity index (χ4v) is 0. The summed E-state index contributed by atoms with van der Waals surface area (Å²) in [5.74, 6) is 3.85. The van der Waals surface area contributed by atoms with Gasteiger partial charge in [-0.15, -0.1) is 0 Å². The second-order valence-electron chi connectivity index (χ2n) is 0.609. The van der Waals surface area contributed by atoms with Crippen molar-refractivity contribution in [1.82, 2.24) is 0 Å². The first-order valence-corrected chi connectivity index (χ1v) is 1.14. The third kappa shape index (κ3) is 8.91. The van der Waals surface area contributed by atoms with Gasteiger partial charge in [0.2, 0.25) is 0 Å². The standard InChI is InChI=1S/C2H5NO2.Ti/c1-2(4)5-3;/h3H2,1H3;. The van der Waals surface area contributed by atoms with Crippen molar-refractivity contribution in [2.75, 3.05) is 0 Å². The molecule has 0 amide bonds. The molecule has 0 aliphatic carbocycles. The molecule has 6 heavy (non-hydrogen) atoms. The van der Waals surface area contributed by atoms with Crippen molar-refractivity contribution in [3.05, 3.63) is 0 Å². The molecule has 0 heterocycles. The Hall–Kier alpha value is 0.144. The number of rotatable bonds is 0. The van der Waals surface area contributed by atoms with Crippen LogP contribution in [0.5, 0.6) is 0 Å². The van der Waals surface area contributed by atoms with Crippen LogP contribution < -0.4 is 5.90 Å². The summed E-state index contributed by atoms with van der Waals surface area (Å²) in [7, 11) is 0. The molecule has 0 bridgehead atoms. The summed E-state index contributed by atoms with van der Waals surface area (Å²) >= 11 is 0. The van der Waals surface area contributed by atoms with Gasteiger partial charge in [0.25, 0.3) is 0 Å². The summed E-state index contributed by atoms with van der Waals surface area (Å²) in [5, 5.41) is 0. The van der Waals surface area contributed by atoms with Crippen LogP contribution in [0.3, 0.4) is 0 Å². The number of hydrogen-bond donors (Lipinski definition) is 1. The first-order chi connectivity index (χ1) is 2.27. The second-order valence-corrected chi connectivity index (χ2v) is 0.609. The minimum Gasteiger partial charge on any atom is -0.374 e. The zero-order valence-corrected chi connectivity index (χ0v) is 4.96. The van der Waals surface area contributed by atoms with Crippen molar-refractivity contribution in [1.29, 1.82) is 0 Å². The molecule has 3 nitrogen and oxygen atoms in total. The summed E-state index contributed by atoms with van der Waals surface area (Å²) in [5.41, 5.74) is 0. The maximum absolute atomic E-state index is 9.47. The van der Waals surface area contributed by atoms with Crippen molar-refractivity contribution in [2.24, 2.45) is 5.90 Å². The molecule has 0 saturated heterocycles. The normalized spacial score (nSPS) is 5.67. The number of hydrogen-bond acceptors (Lipinski definition) is 3. The van der Waals surface area contributed by atoms with Crippen molar-refractivity contribution < 1.29 is 31.3 Å². The average Bonchev–Trinajstić information content (AvgIpc) is 1.38. The first kappa shape index (κ1) is 9.47. The van der Waals surface area contributed by atoms with E-state index in [2.05, 4.69) is 10.7 Å². The molecular weight excluding hydrogens is 118 g/mol. The Bertz CT molecular complexity index is 46.8. The minimum atomic E-state index is -0.468. The largest absolute Gasteiger partial charge is 0.374 e. The molecule has 0 aromatic carbocycles. The minimum absolute atomic E-state index is 0. The van der Waals surface area contributed by atoms with E-state index < -0.39 is 5.97 Å². The van der Waals surface area contributed by atoms with Crippen molar-refractivity contribution in [2.45, 2.75) is 6.92 Å². The van der Waals surface area contributed by atoms with Gasteiger partial charge in [0.15, 0.2) is 0 Å². The monoisotopic (exact) mass is 123 g/mol. The van der Waals surface area contributed by atoms with E-state index in [1.165, 1.54) is 6.92 Å². The number of nitrogens with two attached hydrogens (primary N) is 1. The molecule has 0 rings (SSSR count). The van der Waals surface area contributed by atoms with Gasteiger partial charge in [-0.25, -0.2) is 0 Å². The van der Waals surface area contributed by atoms with Gasteiger partial charge < -0.3 is 4.84 Å². The predicted octanol–water partition coefficient (Wildman–Crippen LogP) is -0.579. The van der Waals surface area contributed by atoms with Crippen LogP contribution in [0.1, 0.15) is 6.92 Å². The molecule has 2 N–H and O–H groups in total. The first-order valence-electron chi connectivity index (χ1n) is 1.14. The van der Waals surface area contributed by atoms with Gasteiger partial charge in [0, 0.05) is 28.6 Å². The molecule has 0 spiro atoms. The van der Waals surface area contributed by atoms with Crippen LogP contribution >= 0.6 is 0 Å². The molecule has 0 unspecified atom stereocenters. The fourth-order valence-electron chi connectivity index (χ4n) is 0. The Morgan fingerprint density at radius 2 is 2.00 bits per heavy atom. The molecule has 0 atom stereocenters. The van der Waals surface area contributed by atoms with Crippen LogP contribution in [-0.4, -0.2) is 5.97 Å². The molecule has 0 radical (unpaired) electrons. The van der Waals surface area contributed by atoms with E-state index in [4.69, 9.17) is 0 Å². The smallest absolute Gasteiger partial charge is 0.321 e. The summed E-state index contributed by atoms with van der Waals surface area (Å²) in [6.07, 6.45) is 0. The van der Waals surface area contributed by atoms with Crippen molar-refractivity contribution in [3.8, 4) is 0 Å². The molecule has 0 fully saturated rings. The van der Waals surface area contributed by atoms with E-state index in [1.54, 1.807) is 0 Å². The Morgan fingerprint density at radius 1 is 1.83 bits per heavy atom.